The molecule has 1 aromatic rings. The lowest BCUT2D eigenvalue weighted by molar-refractivity contribution is -0.131. The molecule has 0 aliphatic carbocycles. The van der Waals surface area contributed by atoms with Crippen molar-refractivity contribution in [3.63, 3.8) is 0 Å². The van der Waals surface area contributed by atoms with Crippen LogP contribution >= 0.6 is 15.9 Å². The van der Waals surface area contributed by atoms with Crippen LogP contribution in [-0.2, 0) is 14.3 Å². The number of esters is 1. The Labute approximate surface area is 131 Å². The van der Waals surface area contributed by atoms with Crippen molar-refractivity contribution in [2.75, 3.05) is 25.5 Å². The number of amides is 2. The molecule has 0 aromatic heterocycles. The van der Waals surface area contributed by atoms with Gasteiger partial charge in [0.25, 0.3) is 0 Å². The van der Waals surface area contributed by atoms with Crippen molar-refractivity contribution in [3.05, 3.63) is 28.2 Å². The summed E-state index contributed by atoms with van der Waals surface area (Å²) in [6.45, 7) is 3.37. The molecule has 6 nitrogen and oxygen atoms in total. The minimum absolute atomic E-state index is 0.0403. The van der Waals surface area contributed by atoms with E-state index in [1.807, 2.05) is 0 Å². The fourth-order valence-electron chi connectivity index (χ4n) is 1.47. The van der Waals surface area contributed by atoms with Crippen molar-refractivity contribution >= 4 is 39.4 Å². The molecule has 0 radical (unpaired) electrons. The van der Waals surface area contributed by atoms with E-state index in [-0.39, 0.29) is 18.4 Å². The zero-order valence-corrected chi connectivity index (χ0v) is 13.7. The first kappa shape index (κ1) is 17.2. The molecule has 21 heavy (non-hydrogen) atoms. The first-order chi connectivity index (χ1) is 9.85. The Morgan fingerprint density at radius 3 is 2.52 bits per heavy atom. The molecule has 0 saturated carbocycles. The van der Waals surface area contributed by atoms with E-state index in [1.165, 1.54) is 11.8 Å². The number of hydrogen-bond acceptors (Lipinski definition) is 4. The third-order valence-corrected chi connectivity index (χ3v) is 3.33. The summed E-state index contributed by atoms with van der Waals surface area (Å²) in [6.07, 6.45) is 0. The molecule has 114 valence electrons. The Bertz CT molecular complexity index is 560. The second kappa shape index (κ2) is 7.78. The zero-order chi connectivity index (χ0) is 16.0. The maximum absolute atomic E-state index is 11.8. The molecule has 7 heteroatoms. The van der Waals surface area contributed by atoms with Gasteiger partial charge in [-0.1, -0.05) is 0 Å². The predicted molar refractivity (Wildman–Crippen MR) is 82.0 cm³/mol. The molecule has 0 aliphatic heterocycles. The van der Waals surface area contributed by atoms with Gasteiger partial charge in [0.15, 0.2) is 0 Å². The van der Waals surface area contributed by atoms with Gasteiger partial charge in [-0.15, -0.1) is 0 Å². The summed E-state index contributed by atoms with van der Waals surface area (Å²) in [7, 11) is 1.54. The lowest BCUT2D eigenvalue weighted by atomic mass is 10.2. The SMILES string of the molecule is CCOC(=O)c1ccc(NC(=O)CN(C)C(C)=O)c(Br)c1. The van der Waals surface area contributed by atoms with Crippen LogP contribution in [0, 0.1) is 0 Å². The van der Waals surface area contributed by atoms with Crippen LogP contribution in [0.5, 0.6) is 0 Å². The Morgan fingerprint density at radius 2 is 2.00 bits per heavy atom. The Balaban J connectivity index is 2.75. The van der Waals surface area contributed by atoms with E-state index >= 15 is 0 Å². The average Bonchev–Trinajstić information content (AvgIpc) is 2.41. The zero-order valence-electron chi connectivity index (χ0n) is 12.1. The van der Waals surface area contributed by atoms with E-state index in [2.05, 4.69) is 21.2 Å². The summed E-state index contributed by atoms with van der Waals surface area (Å²) in [5.74, 6) is -0.938. The molecule has 0 fully saturated rings. The Kier molecular flexibility index (Phi) is 6.36. The number of anilines is 1. The van der Waals surface area contributed by atoms with Gasteiger partial charge in [-0.25, -0.2) is 4.79 Å². The first-order valence-electron chi connectivity index (χ1n) is 6.33. The smallest absolute Gasteiger partial charge is 0.338 e. The number of likely N-dealkylation sites (N-methyl/N-ethyl adjacent to an activating group) is 1. The van der Waals surface area contributed by atoms with E-state index in [9.17, 15) is 14.4 Å². The topological polar surface area (TPSA) is 75.7 Å². The third kappa shape index (κ3) is 5.18. The fourth-order valence-corrected chi connectivity index (χ4v) is 1.95. The third-order valence-electron chi connectivity index (χ3n) is 2.67. The van der Waals surface area contributed by atoms with Gasteiger partial charge in [-0.05, 0) is 41.1 Å². The van der Waals surface area contributed by atoms with Crippen LogP contribution in [-0.4, -0.2) is 42.9 Å². The second-order valence-corrected chi connectivity index (χ2v) is 5.19. The van der Waals surface area contributed by atoms with Gasteiger partial charge in [0.1, 0.15) is 0 Å². The summed E-state index contributed by atoms with van der Waals surface area (Å²) in [5, 5.41) is 2.66. The van der Waals surface area contributed by atoms with Gasteiger partial charge >= 0.3 is 5.97 Å². The summed E-state index contributed by atoms with van der Waals surface area (Å²) in [6, 6.07) is 4.73. The first-order valence-corrected chi connectivity index (χ1v) is 7.12. The second-order valence-electron chi connectivity index (χ2n) is 4.34. The van der Waals surface area contributed by atoms with Crippen molar-refractivity contribution in [3.8, 4) is 0 Å². The van der Waals surface area contributed by atoms with Crippen LogP contribution < -0.4 is 5.32 Å². The van der Waals surface area contributed by atoms with Gasteiger partial charge in [-0.2, -0.15) is 0 Å². The molecule has 0 spiro atoms. The number of nitrogens with zero attached hydrogens (tertiary/aromatic N) is 1. The Hall–Kier alpha value is -1.89. The number of carbonyl (C=O) groups is 3. The van der Waals surface area contributed by atoms with Gasteiger partial charge < -0.3 is 15.0 Å². The van der Waals surface area contributed by atoms with Crippen molar-refractivity contribution in [2.24, 2.45) is 0 Å². The number of carbonyl (C=O) groups excluding carboxylic acids is 3. The summed E-state index contributed by atoms with van der Waals surface area (Å²) in [4.78, 5) is 35.7. The summed E-state index contributed by atoms with van der Waals surface area (Å²) in [5.41, 5.74) is 0.910. The largest absolute Gasteiger partial charge is 0.462 e. The predicted octanol–water partition coefficient (Wildman–Crippen LogP) is 2.04. The van der Waals surface area contributed by atoms with E-state index in [4.69, 9.17) is 4.74 Å². The van der Waals surface area contributed by atoms with Crippen LogP contribution in [0.2, 0.25) is 0 Å². The Morgan fingerprint density at radius 1 is 1.33 bits per heavy atom. The number of benzene rings is 1. The molecular weight excluding hydrogens is 340 g/mol. The molecule has 1 aromatic carbocycles. The van der Waals surface area contributed by atoms with Crippen LogP contribution in [0.3, 0.4) is 0 Å². The normalized spacial score (nSPS) is 9.90. The van der Waals surface area contributed by atoms with E-state index in [0.29, 0.717) is 22.3 Å². The van der Waals surface area contributed by atoms with E-state index < -0.39 is 5.97 Å². The lowest BCUT2D eigenvalue weighted by Gasteiger charge is -2.15. The van der Waals surface area contributed by atoms with Crippen LogP contribution in [0.4, 0.5) is 5.69 Å². The van der Waals surface area contributed by atoms with Gasteiger partial charge in [-0.3, -0.25) is 9.59 Å². The van der Waals surface area contributed by atoms with Crippen LogP contribution in [0.15, 0.2) is 22.7 Å². The number of ether oxygens (including phenoxy) is 1. The highest BCUT2D eigenvalue weighted by atomic mass is 79.9. The van der Waals surface area contributed by atoms with E-state index in [1.54, 1.807) is 32.2 Å². The monoisotopic (exact) mass is 356 g/mol. The highest BCUT2D eigenvalue weighted by molar-refractivity contribution is 9.10. The highest BCUT2D eigenvalue weighted by Gasteiger charge is 2.13. The fraction of sp³-hybridized carbons (Fsp3) is 0.357. The number of nitrogens with one attached hydrogen (secondary N) is 1. The van der Waals surface area contributed by atoms with Crippen molar-refractivity contribution in [1.82, 2.24) is 4.90 Å². The van der Waals surface area contributed by atoms with Gasteiger partial charge in [0.05, 0.1) is 24.4 Å². The summed E-state index contributed by atoms with van der Waals surface area (Å²) >= 11 is 3.29. The number of rotatable bonds is 5. The minimum atomic E-state index is -0.424. The number of hydrogen-bond donors (Lipinski definition) is 1. The van der Waals surface area contributed by atoms with Crippen LogP contribution in [0.1, 0.15) is 24.2 Å². The molecule has 1 N–H and O–H groups in total. The van der Waals surface area contributed by atoms with Crippen LogP contribution in [0.25, 0.3) is 0 Å². The maximum Gasteiger partial charge on any atom is 0.338 e. The summed E-state index contributed by atoms with van der Waals surface area (Å²) < 4.78 is 5.45. The molecule has 2 amide bonds. The average molecular weight is 357 g/mol. The highest BCUT2D eigenvalue weighted by Crippen LogP contribution is 2.24. The maximum atomic E-state index is 11.8. The quantitative estimate of drug-likeness (QED) is 0.819. The van der Waals surface area contributed by atoms with E-state index in [0.717, 1.165) is 0 Å². The van der Waals surface area contributed by atoms with Gasteiger partial charge in [0.2, 0.25) is 11.8 Å². The molecule has 0 bridgehead atoms. The molecule has 0 heterocycles. The minimum Gasteiger partial charge on any atom is -0.462 e. The molecule has 0 atom stereocenters. The molecule has 1 rings (SSSR count). The van der Waals surface area contributed by atoms with Gasteiger partial charge in [0, 0.05) is 18.4 Å². The lowest BCUT2D eigenvalue weighted by Crippen LogP contribution is -2.33. The standard InChI is InChI=1S/C14H17BrN2O4/c1-4-21-14(20)10-5-6-12(11(15)7-10)16-13(19)8-17(3)9(2)18/h5-7H,4,8H2,1-3H3,(H,16,19). The molecule has 0 unspecified atom stereocenters. The molecule has 0 saturated heterocycles. The number of halogens is 1. The van der Waals surface area contributed by atoms with Crippen molar-refractivity contribution < 1.29 is 19.1 Å². The van der Waals surface area contributed by atoms with Crippen molar-refractivity contribution in [1.29, 1.82) is 0 Å². The van der Waals surface area contributed by atoms with Crippen molar-refractivity contribution in [2.45, 2.75) is 13.8 Å². The molecule has 0 aliphatic rings. The molecular formula is C14H17BrN2O4.